The number of anilines is 2. The van der Waals surface area contributed by atoms with Crippen LogP contribution in [0.1, 0.15) is 35.3 Å². The molecule has 1 aromatic carbocycles. The first-order valence-corrected chi connectivity index (χ1v) is 8.92. The lowest BCUT2D eigenvalue weighted by atomic mass is 10.1. The molecule has 6 nitrogen and oxygen atoms in total. The van der Waals surface area contributed by atoms with Crippen molar-refractivity contribution in [2.24, 2.45) is 0 Å². The number of aromatic nitrogens is 1. The van der Waals surface area contributed by atoms with Crippen molar-refractivity contribution in [2.75, 3.05) is 23.7 Å². The number of pyridine rings is 1. The molecule has 2 heterocycles. The molecule has 1 aliphatic heterocycles. The third kappa shape index (κ3) is 4.32. The molecule has 2 aromatic rings. The number of hydrogen-bond donors (Lipinski definition) is 2. The van der Waals surface area contributed by atoms with Crippen LogP contribution in [-0.4, -0.2) is 36.2 Å². The topological polar surface area (TPSA) is 80.5 Å². The van der Waals surface area contributed by atoms with Gasteiger partial charge >= 0.3 is 0 Å². The van der Waals surface area contributed by atoms with Crippen LogP contribution < -0.4 is 16.0 Å². The molecule has 0 aliphatic carbocycles. The number of nitrogens with zero attached hydrogens (tertiary/aromatic N) is 2. The summed E-state index contributed by atoms with van der Waals surface area (Å²) in [6.45, 7) is 8.14. The van der Waals surface area contributed by atoms with Crippen LogP contribution in [0.5, 0.6) is 0 Å². The Labute approximate surface area is 154 Å². The van der Waals surface area contributed by atoms with Crippen molar-refractivity contribution in [3.05, 3.63) is 53.2 Å². The predicted molar refractivity (Wildman–Crippen MR) is 103 cm³/mol. The van der Waals surface area contributed by atoms with E-state index in [1.165, 1.54) is 0 Å². The highest BCUT2D eigenvalue weighted by Gasteiger charge is 2.23. The Kier molecular flexibility index (Phi) is 5.42. The zero-order chi connectivity index (χ0) is 18.7. The lowest BCUT2D eigenvalue weighted by molar-refractivity contribution is -0.00546. The van der Waals surface area contributed by atoms with Crippen molar-refractivity contribution in [1.82, 2.24) is 10.3 Å². The Morgan fingerprint density at radius 3 is 2.65 bits per heavy atom. The van der Waals surface area contributed by atoms with Crippen LogP contribution in [0.15, 0.2) is 36.5 Å². The number of ether oxygens (including phenoxy) is 1. The second kappa shape index (κ2) is 7.74. The molecule has 0 radical (unpaired) electrons. The van der Waals surface area contributed by atoms with Gasteiger partial charge in [0, 0.05) is 37.1 Å². The maximum Gasteiger partial charge on any atom is 0.251 e. The zero-order valence-corrected chi connectivity index (χ0v) is 15.5. The molecule has 1 fully saturated rings. The minimum absolute atomic E-state index is 0.130. The standard InChI is InChI=1S/C20H26N4O2/c1-13-4-6-17(21)8-18(13)20(25)23-10-16-5-7-19(22-9-16)24-11-14(2)26-15(3)12-24/h4-9,14-15H,10-12,21H2,1-3H3,(H,23,25). The summed E-state index contributed by atoms with van der Waals surface area (Å²) >= 11 is 0. The zero-order valence-electron chi connectivity index (χ0n) is 15.5. The fraction of sp³-hybridized carbons (Fsp3) is 0.400. The molecule has 3 N–H and O–H groups in total. The molecule has 0 bridgehead atoms. The first-order valence-electron chi connectivity index (χ1n) is 8.92. The number of carbonyl (C=O) groups excluding carboxylic acids is 1. The Balaban J connectivity index is 1.61. The van der Waals surface area contributed by atoms with Gasteiger partial charge < -0.3 is 20.7 Å². The normalized spacial score (nSPS) is 20.0. The van der Waals surface area contributed by atoms with E-state index in [2.05, 4.69) is 29.0 Å². The summed E-state index contributed by atoms with van der Waals surface area (Å²) in [5.41, 5.74) is 8.82. The minimum Gasteiger partial charge on any atom is -0.399 e. The third-order valence-corrected chi connectivity index (χ3v) is 4.51. The van der Waals surface area contributed by atoms with Crippen molar-refractivity contribution in [3.8, 4) is 0 Å². The van der Waals surface area contributed by atoms with Crippen molar-refractivity contribution in [1.29, 1.82) is 0 Å². The molecule has 1 aliphatic rings. The van der Waals surface area contributed by atoms with Crippen molar-refractivity contribution >= 4 is 17.4 Å². The SMILES string of the molecule is Cc1ccc(N)cc1C(=O)NCc1ccc(N2CC(C)OC(C)C2)nc1. The Hall–Kier alpha value is -2.60. The van der Waals surface area contributed by atoms with E-state index < -0.39 is 0 Å². The average molecular weight is 354 g/mol. The second-order valence-corrected chi connectivity index (χ2v) is 6.94. The largest absolute Gasteiger partial charge is 0.399 e. The van der Waals surface area contributed by atoms with Gasteiger partial charge in [-0.15, -0.1) is 0 Å². The molecule has 1 aromatic heterocycles. The molecular formula is C20H26N4O2. The van der Waals surface area contributed by atoms with Gasteiger partial charge in [0.2, 0.25) is 0 Å². The van der Waals surface area contributed by atoms with E-state index in [0.29, 0.717) is 17.8 Å². The number of carbonyl (C=O) groups is 1. The number of nitrogen functional groups attached to an aromatic ring is 1. The molecule has 1 amide bonds. The summed E-state index contributed by atoms with van der Waals surface area (Å²) < 4.78 is 5.76. The molecule has 138 valence electrons. The van der Waals surface area contributed by atoms with Gasteiger partial charge in [0.05, 0.1) is 12.2 Å². The molecular weight excluding hydrogens is 328 g/mol. The van der Waals surface area contributed by atoms with Crippen LogP contribution in [0.2, 0.25) is 0 Å². The summed E-state index contributed by atoms with van der Waals surface area (Å²) in [4.78, 5) is 19.2. The predicted octanol–water partition coefficient (Wildman–Crippen LogP) is 2.52. The first-order chi connectivity index (χ1) is 12.4. The van der Waals surface area contributed by atoms with Gasteiger partial charge in [-0.25, -0.2) is 4.98 Å². The molecule has 2 atom stereocenters. The van der Waals surface area contributed by atoms with E-state index in [1.54, 1.807) is 12.1 Å². The summed E-state index contributed by atoms with van der Waals surface area (Å²) in [5, 5.41) is 2.93. The maximum atomic E-state index is 12.4. The highest BCUT2D eigenvalue weighted by molar-refractivity contribution is 5.96. The van der Waals surface area contributed by atoms with Crippen molar-refractivity contribution in [3.63, 3.8) is 0 Å². The van der Waals surface area contributed by atoms with E-state index in [-0.39, 0.29) is 18.1 Å². The monoisotopic (exact) mass is 354 g/mol. The molecule has 1 saturated heterocycles. The highest BCUT2D eigenvalue weighted by Crippen LogP contribution is 2.18. The van der Waals surface area contributed by atoms with Gasteiger partial charge in [-0.2, -0.15) is 0 Å². The van der Waals surface area contributed by atoms with Crippen LogP contribution >= 0.6 is 0 Å². The second-order valence-electron chi connectivity index (χ2n) is 6.94. The van der Waals surface area contributed by atoms with Crippen molar-refractivity contribution < 1.29 is 9.53 Å². The number of nitrogens with two attached hydrogens (primary N) is 1. The summed E-state index contributed by atoms with van der Waals surface area (Å²) in [6, 6.07) is 9.34. The Morgan fingerprint density at radius 1 is 1.27 bits per heavy atom. The number of aryl methyl sites for hydroxylation is 1. The lowest BCUT2D eigenvalue weighted by Crippen LogP contribution is -2.45. The van der Waals surface area contributed by atoms with E-state index in [0.717, 1.165) is 30.0 Å². The molecule has 2 unspecified atom stereocenters. The van der Waals surface area contributed by atoms with Crippen LogP contribution in [0.3, 0.4) is 0 Å². The van der Waals surface area contributed by atoms with Gasteiger partial charge in [0.15, 0.2) is 0 Å². The maximum absolute atomic E-state index is 12.4. The first kappa shape index (κ1) is 18.2. The summed E-state index contributed by atoms with van der Waals surface area (Å²) in [7, 11) is 0. The minimum atomic E-state index is -0.130. The van der Waals surface area contributed by atoms with Crippen LogP contribution in [0.4, 0.5) is 11.5 Å². The Bertz CT molecular complexity index is 766. The van der Waals surface area contributed by atoms with E-state index >= 15 is 0 Å². The smallest absolute Gasteiger partial charge is 0.251 e. The fourth-order valence-corrected chi connectivity index (χ4v) is 3.24. The molecule has 0 saturated carbocycles. The molecule has 0 spiro atoms. The summed E-state index contributed by atoms with van der Waals surface area (Å²) in [5.74, 6) is 0.809. The quantitative estimate of drug-likeness (QED) is 0.825. The summed E-state index contributed by atoms with van der Waals surface area (Å²) in [6.07, 6.45) is 2.20. The van der Waals surface area contributed by atoms with Gasteiger partial charge in [-0.3, -0.25) is 4.79 Å². The van der Waals surface area contributed by atoms with E-state index in [4.69, 9.17) is 10.5 Å². The molecule has 3 rings (SSSR count). The molecule has 6 heteroatoms. The van der Waals surface area contributed by atoms with Crippen molar-refractivity contribution in [2.45, 2.75) is 39.5 Å². The fourth-order valence-electron chi connectivity index (χ4n) is 3.24. The lowest BCUT2D eigenvalue weighted by Gasteiger charge is -2.36. The number of hydrogen-bond acceptors (Lipinski definition) is 5. The van der Waals surface area contributed by atoms with Gasteiger partial charge in [0.1, 0.15) is 5.82 Å². The van der Waals surface area contributed by atoms with Gasteiger partial charge in [-0.1, -0.05) is 12.1 Å². The van der Waals surface area contributed by atoms with Crippen LogP contribution in [0, 0.1) is 6.92 Å². The van der Waals surface area contributed by atoms with E-state index in [1.807, 2.05) is 31.3 Å². The number of benzene rings is 1. The van der Waals surface area contributed by atoms with E-state index in [9.17, 15) is 4.79 Å². The average Bonchev–Trinajstić information content (AvgIpc) is 2.61. The van der Waals surface area contributed by atoms with Gasteiger partial charge in [0.25, 0.3) is 5.91 Å². The number of rotatable bonds is 4. The number of morpholine rings is 1. The van der Waals surface area contributed by atoms with Crippen LogP contribution in [-0.2, 0) is 11.3 Å². The Morgan fingerprint density at radius 2 is 2.00 bits per heavy atom. The van der Waals surface area contributed by atoms with Crippen LogP contribution in [0.25, 0.3) is 0 Å². The number of amides is 1. The van der Waals surface area contributed by atoms with Gasteiger partial charge in [-0.05, 0) is 50.1 Å². The number of nitrogens with one attached hydrogen (secondary N) is 1. The molecule has 26 heavy (non-hydrogen) atoms. The highest BCUT2D eigenvalue weighted by atomic mass is 16.5. The third-order valence-electron chi connectivity index (χ3n) is 4.51.